The number of ether oxygens (including phenoxy) is 1. The van der Waals surface area contributed by atoms with Crippen LogP contribution in [0.4, 0.5) is 4.79 Å². The lowest BCUT2D eigenvalue weighted by molar-refractivity contribution is 0.0160. The standard InChI is InChI=1S/C13H26N2O4S/c1-13(2,3)19-12(16)15-8-6-7-11(10-15)9-14(4)20(5,17)18/h11H,6-10H2,1-5H3/t11-/m1/s1. The van der Waals surface area contributed by atoms with Crippen molar-refractivity contribution >= 4 is 16.1 Å². The fourth-order valence-electron chi connectivity index (χ4n) is 2.21. The molecule has 1 saturated heterocycles. The SMILES string of the molecule is CN(C[C@H]1CCCN(C(=O)OC(C)(C)C)C1)S(C)(=O)=O. The molecule has 118 valence electrons. The van der Waals surface area contributed by atoms with Crippen LogP contribution in [0.5, 0.6) is 0 Å². The minimum atomic E-state index is -3.17. The van der Waals surface area contributed by atoms with Gasteiger partial charge in [0.05, 0.1) is 6.26 Å². The molecule has 1 fully saturated rings. The lowest BCUT2D eigenvalue weighted by atomic mass is 9.98. The van der Waals surface area contributed by atoms with Crippen molar-refractivity contribution < 1.29 is 17.9 Å². The highest BCUT2D eigenvalue weighted by atomic mass is 32.2. The maximum absolute atomic E-state index is 12.0. The van der Waals surface area contributed by atoms with E-state index in [2.05, 4.69) is 0 Å². The molecule has 0 N–H and O–H groups in total. The molecule has 0 aromatic carbocycles. The first kappa shape index (κ1) is 17.2. The second-order valence-corrected chi connectivity index (χ2v) is 8.57. The Kier molecular flexibility index (Phi) is 5.43. The minimum Gasteiger partial charge on any atom is -0.444 e. The molecule has 0 radical (unpaired) electrons. The van der Waals surface area contributed by atoms with Gasteiger partial charge in [0.1, 0.15) is 5.60 Å². The molecule has 0 aliphatic carbocycles. The lowest BCUT2D eigenvalue weighted by Crippen LogP contribution is -2.45. The predicted molar refractivity (Wildman–Crippen MR) is 78.0 cm³/mol. The number of sulfonamides is 1. The van der Waals surface area contributed by atoms with Gasteiger partial charge in [-0.15, -0.1) is 0 Å². The summed E-state index contributed by atoms with van der Waals surface area (Å²) in [6.07, 6.45) is 2.69. The van der Waals surface area contributed by atoms with Crippen molar-refractivity contribution in [3.8, 4) is 0 Å². The molecular weight excluding hydrogens is 280 g/mol. The number of rotatable bonds is 3. The minimum absolute atomic E-state index is 0.163. The molecule has 0 bridgehead atoms. The maximum atomic E-state index is 12.0. The molecule has 0 unspecified atom stereocenters. The number of nitrogens with zero attached hydrogens (tertiary/aromatic N) is 2. The highest BCUT2D eigenvalue weighted by Gasteiger charge is 2.29. The van der Waals surface area contributed by atoms with Crippen LogP contribution in [-0.4, -0.2) is 62.3 Å². The third-order valence-electron chi connectivity index (χ3n) is 3.25. The molecule has 1 heterocycles. The number of hydrogen-bond donors (Lipinski definition) is 0. The topological polar surface area (TPSA) is 66.9 Å². The van der Waals surface area contributed by atoms with E-state index < -0.39 is 15.6 Å². The Morgan fingerprint density at radius 3 is 2.50 bits per heavy atom. The summed E-state index contributed by atoms with van der Waals surface area (Å²) < 4.78 is 29.6. The van der Waals surface area contributed by atoms with Crippen LogP contribution in [0, 0.1) is 5.92 Å². The van der Waals surface area contributed by atoms with Gasteiger partial charge < -0.3 is 9.64 Å². The molecule has 1 atom stereocenters. The average molecular weight is 306 g/mol. The molecule has 1 aliphatic heterocycles. The Labute approximate surface area is 122 Å². The molecule has 20 heavy (non-hydrogen) atoms. The molecule has 1 aliphatic rings. The number of amides is 1. The van der Waals surface area contributed by atoms with E-state index in [0.29, 0.717) is 19.6 Å². The van der Waals surface area contributed by atoms with Crippen LogP contribution in [0.2, 0.25) is 0 Å². The zero-order valence-corrected chi connectivity index (χ0v) is 13.9. The molecule has 0 spiro atoms. The van der Waals surface area contributed by atoms with Crippen LogP contribution in [-0.2, 0) is 14.8 Å². The van der Waals surface area contributed by atoms with E-state index in [1.165, 1.54) is 10.6 Å². The second kappa shape index (κ2) is 6.30. The summed E-state index contributed by atoms with van der Waals surface area (Å²) in [6, 6.07) is 0. The van der Waals surface area contributed by atoms with Gasteiger partial charge in [0.2, 0.25) is 10.0 Å². The zero-order chi connectivity index (χ0) is 15.6. The number of piperidine rings is 1. The van der Waals surface area contributed by atoms with Crippen LogP contribution >= 0.6 is 0 Å². The third kappa shape index (κ3) is 5.66. The van der Waals surface area contributed by atoms with Crippen LogP contribution in [0.3, 0.4) is 0 Å². The molecule has 1 rings (SSSR count). The van der Waals surface area contributed by atoms with Crippen molar-refractivity contribution in [2.75, 3.05) is 32.9 Å². The van der Waals surface area contributed by atoms with Gasteiger partial charge in [-0.3, -0.25) is 0 Å². The average Bonchev–Trinajstić information content (AvgIpc) is 2.25. The van der Waals surface area contributed by atoms with Crippen molar-refractivity contribution in [2.24, 2.45) is 5.92 Å². The van der Waals surface area contributed by atoms with E-state index in [-0.39, 0.29) is 12.0 Å². The number of hydrogen-bond acceptors (Lipinski definition) is 4. The Bertz CT molecular complexity index is 442. The Balaban J connectivity index is 2.57. The summed E-state index contributed by atoms with van der Waals surface area (Å²) in [4.78, 5) is 13.7. The summed E-state index contributed by atoms with van der Waals surface area (Å²) in [6.45, 7) is 7.18. The fraction of sp³-hybridized carbons (Fsp3) is 0.923. The van der Waals surface area contributed by atoms with Crippen molar-refractivity contribution in [3.05, 3.63) is 0 Å². The Morgan fingerprint density at radius 1 is 1.40 bits per heavy atom. The highest BCUT2D eigenvalue weighted by Crippen LogP contribution is 2.20. The molecule has 6 nitrogen and oxygen atoms in total. The first-order valence-corrected chi connectivity index (χ1v) is 8.73. The predicted octanol–water partition coefficient (Wildman–Crippen LogP) is 1.52. The Morgan fingerprint density at radius 2 is 2.00 bits per heavy atom. The van der Waals surface area contributed by atoms with Gasteiger partial charge in [-0.1, -0.05) is 0 Å². The fourth-order valence-corrected chi connectivity index (χ4v) is 2.69. The smallest absolute Gasteiger partial charge is 0.410 e. The van der Waals surface area contributed by atoms with E-state index in [1.54, 1.807) is 11.9 Å². The van der Waals surface area contributed by atoms with Gasteiger partial charge in [0.25, 0.3) is 0 Å². The van der Waals surface area contributed by atoms with Crippen molar-refractivity contribution in [2.45, 2.75) is 39.2 Å². The molecule has 0 aromatic heterocycles. The van der Waals surface area contributed by atoms with Crippen LogP contribution in [0.15, 0.2) is 0 Å². The van der Waals surface area contributed by atoms with E-state index in [1.807, 2.05) is 20.8 Å². The molecular formula is C13H26N2O4S. The van der Waals surface area contributed by atoms with Crippen LogP contribution < -0.4 is 0 Å². The van der Waals surface area contributed by atoms with Crippen molar-refractivity contribution in [3.63, 3.8) is 0 Å². The summed E-state index contributed by atoms with van der Waals surface area (Å²) >= 11 is 0. The van der Waals surface area contributed by atoms with Gasteiger partial charge in [0, 0.05) is 26.7 Å². The normalized spacial score (nSPS) is 21.1. The summed E-state index contributed by atoms with van der Waals surface area (Å²) in [5.74, 6) is 0.163. The monoisotopic (exact) mass is 306 g/mol. The van der Waals surface area contributed by atoms with E-state index in [9.17, 15) is 13.2 Å². The molecule has 7 heteroatoms. The van der Waals surface area contributed by atoms with E-state index >= 15 is 0 Å². The van der Waals surface area contributed by atoms with Crippen molar-refractivity contribution in [1.29, 1.82) is 0 Å². The van der Waals surface area contributed by atoms with Gasteiger partial charge in [-0.2, -0.15) is 0 Å². The van der Waals surface area contributed by atoms with Gasteiger partial charge in [-0.25, -0.2) is 17.5 Å². The third-order valence-corrected chi connectivity index (χ3v) is 4.53. The second-order valence-electron chi connectivity index (χ2n) is 6.48. The quantitative estimate of drug-likeness (QED) is 0.793. The summed E-state index contributed by atoms with van der Waals surface area (Å²) in [5.41, 5.74) is -0.506. The first-order chi connectivity index (χ1) is 8.99. The number of carbonyl (C=O) groups is 1. The first-order valence-electron chi connectivity index (χ1n) is 6.88. The number of carbonyl (C=O) groups excluding carboxylic acids is 1. The van der Waals surface area contributed by atoms with E-state index in [4.69, 9.17) is 4.74 Å². The molecule has 1 amide bonds. The maximum Gasteiger partial charge on any atom is 0.410 e. The number of likely N-dealkylation sites (tertiary alicyclic amines) is 1. The van der Waals surface area contributed by atoms with Crippen LogP contribution in [0.1, 0.15) is 33.6 Å². The van der Waals surface area contributed by atoms with E-state index in [0.717, 1.165) is 12.8 Å². The Hall–Kier alpha value is -0.820. The molecule has 0 saturated carbocycles. The molecule has 0 aromatic rings. The lowest BCUT2D eigenvalue weighted by Gasteiger charge is -2.35. The highest BCUT2D eigenvalue weighted by molar-refractivity contribution is 7.88. The zero-order valence-electron chi connectivity index (χ0n) is 13.0. The van der Waals surface area contributed by atoms with Gasteiger partial charge in [0.15, 0.2) is 0 Å². The summed E-state index contributed by atoms with van der Waals surface area (Å²) in [7, 11) is -1.60. The van der Waals surface area contributed by atoms with Crippen LogP contribution in [0.25, 0.3) is 0 Å². The van der Waals surface area contributed by atoms with Gasteiger partial charge >= 0.3 is 6.09 Å². The largest absolute Gasteiger partial charge is 0.444 e. The summed E-state index contributed by atoms with van der Waals surface area (Å²) in [5, 5.41) is 0. The van der Waals surface area contributed by atoms with Crippen molar-refractivity contribution in [1.82, 2.24) is 9.21 Å². The van der Waals surface area contributed by atoms with Gasteiger partial charge in [-0.05, 0) is 39.5 Å².